The summed E-state index contributed by atoms with van der Waals surface area (Å²) in [5.41, 5.74) is 0.933. The number of pyridine rings is 1. The summed E-state index contributed by atoms with van der Waals surface area (Å²) in [6, 6.07) is 0. The highest BCUT2D eigenvalue weighted by molar-refractivity contribution is 5.73. The van der Waals surface area contributed by atoms with Gasteiger partial charge in [-0.25, -0.2) is 8.78 Å². The van der Waals surface area contributed by atoms with Crippen molar-refractivity contribution in [2.45, 2.75) is 25.9 Å². The molecule has 0 amide bonds. The largest absolute Gasteiger partial charge is 0.466 e. The van der Waals surface area contributed by atoms with E-state index in [2.05, 4.69) is 9.72 Å². The summed E-state index contributed by atoms with van der Waals surface area (Å²) >= 11 is 0. The first-order valence-electron chi connectivity index (χ1n) is 5.46. The van der Waals surface area contributed by atoms with Gasteiger partial charge in [0.2, 0.25) is 0 Å². The van der Waals surface area contributed by atoms with Crippen LogP contribution in [0.2, 0.25) is 0 Å². The number of anilines is 1. The minimum Gasteiger partial charge on any atom is -0.466 e. The number of rotatable bonds is 4. The number of esters is 1. The molecule has 0 aliphatic carbocycles. The standard InChI is InChI=1S/C11H11F5N2O2/c1-2-20-7(19)3-6-8(10(12)13)9(17)5(4-18-6)11(14,15)16/h4,10H,2-3H2,1H3,(H2,17,18). The van der Waals surface area contributed by atoms with Gasteiger partial charge in [0.15, 0.2) is 0 Å². The fraction of sp³-hybridized carbons (Fsp3) is 0.455. The van der Waals surface area contributed by atoms with Crippen LogP contribution in [0.4, 0.5) is 27.6 Å². The van der Waals surface area contributed by atoms with Crippen molar-refractivity contribution in [1.82, 2.24) is 4.98 Å². The summed E-state index contributed by atoms with van der Waals surface area (Å²) in [6.45, 7) is 1.51. The molecule has 20 heavy (non-hydrogen) atoms. The van der Waals surface area contributed by atoms with Crippen LogP contribution >= 0.6 is 0 Å². The Morgan fingerprint density at radius 1 is 1.45 bits per heavy atom. The molecule has 0 aromatic carbocycles. The van der Waals surface area contributed by atoms with E-state index in [0.29, 0.717) is 6.20 Å². The van der Waals surface area contributed by atoms with E-state index in [1.807, 2.05) is 0 Å². The molecule has 1 aromatic heterocycles. The zero-order chi connectivity index (χ0) is 15.5. The maximum atomic E-state index is 12.9. The lowest BCUT2D eigenvalue weighted by atomic mass is 10.1. The summed E-state index contributed by atoms with van der Waals surface area (Å²) < 4.78 is 67.9. The van der Waals surface area contributed by atoms with Gasteiger partial charge in [-0.3, -0.25) is 9.78 Å². The highest BCUT2D eigenvalue weighted by Crippen LogP contribution is 2.38. The molecule has 0 saturated carbocycles. The molecule has 0 bridgehead atoms. The molecular formula is C11H11F5N2O2. The molecule has 1 rings (SSSR count). The van der Waals surface area contributed by atoms with Crippen molar-refractivity contribution in [2.75, 3.05) is 12.3 Å². The number of alkyl halides is 5. The highest BCUT2D eigenvalue weighted by atomic mass is 19.4. The van der Waals surface area contributed by atoms with Gasteiger partial charge in [-0.1, -0.05) is 0 Å². The van der Waals surface area contributed by atoms with Crippen molar-refractivity contribution in [3.63, 3.8) is 0 Å². The van der Waals surface area contributed by atoms with Gasteiger partial charge in [-0.15, -0.1) is 0 Å². The zero-order valence-corrected chi connectivity index (χ0v) is 10.3. The number of ether oxygens (including phenoxy) is 1. The van der Waals surface area contributed by atoms with Gasteiger partial charge < -0.3 is 10.5 Å². The Labute approximate surface area is 110 Å². The number of carbonyl (C=O) groups is 1. The van der Waals surface area contributed by atoms with Crippen LogP contribution in [0.1, 0.15) is 30.2 Å². The molecule has 1 aromatic rings. The van der Waals surface area contributed by atoms with Crippen LogP contribution in [0.5, 0.6) is 0 Å². The van der Waals surface area contributed by atoms with Crippen molar-refractivity contribution >= 4 is 11.7 Å². The van der Waals surface area contributed by atoms with Crippen LogP contribution in [-0.4, -0.2) is 17.6 Å². The third-order valence-corrected chi connectivity index (χ3v) is 2.38. The van der Waals surface area contributed by atoms with Crippen LogP contribution in [0.25, 0.3) is 0 Å². The maximum absolute atomic E-state index is 12.9. The smallest absolute Gasteiger partial charge is 0.419 e. The van der Waals surface area contributed by atoms with Crippen molar-refractivity contribution in [2.24, 2.45) is 0 Å². The van der Waals surface area contributed by atoms with E-state index in [1.54, 1.807) is 0 Å². The molecule has 0 saturated heterocycles. The molecule has 0 unspecified atom stereocenters. The normalized spacial score (nSPS) is 11.8. The van der Waals surface area contributed by atoms with Gasteiger partial charge in [0, 0.05) is 6.20 Å². The molecule has 0 atom stereocenters. The van der Waals surface area contributed by atoms with Gasteiger partial charge in [0.1, 0.15) is 0 Å². The summed E-state index contributed by atoms with van der Waals surface area (Å²) in [4.78, 5) is 14.5. The molecule has 0 aliphatic heterocycles. The minimum atomic E-state index is -4.90. The second-order valence-corrected chi connectivity index (χ2v) is 3.73. The van der Waals surface area contributed by atoms with Gasteiger partial charge in [-0.2, -0.15) is 13.2 Å². The SMILES string of the molecule is CCOC(=O)Cc1ncc(C(F)(F)F)c(N)c1C(F)F. The van der Waals surface area contributed by atoms with Gasteiger partial charge >= 0.3 is 12.1 Å². The Balaban J connectivity index is 3.27. The maximum Gasteiger partial charge on any atom is 0.419 e. The molecule has 0 fully saturated rings. The molecule has 0 spiro atoms. The molecule has 112 valence electrons. The topological polar surface area (TPSA) is 65.2 Å². The number of halogens is 5. The molecule has 4 nitrogen and oxygen atoms in total. The first-order chi connectivity index (χ1) is 9.18. The lowest BCUT2D eigenvalue weighted by Crippen LogP contribution is -2.17. The quantitative estimate of drug-likeness (QED) is 0.685. The van der Waals surface area contributed by atoms with Crippen LogP contribution < -0.4 is 5.73 Å². The van der Waals surface area contributed by atoms with Gasteiger partial charge in [0.05, 0.1) is 35.5 Å². The summed E-state index contributed by atoms with van der Waals surface area (Å²) in [5, 5.41) is 0. The van der Waals surface area contributed by atoms with E-state index in [1.165, 1.54) is 6.92 Å². The number of aromatic nitrogens is 1. The average Bonchev–Trinajstić information content (AvgIpc) is 2.26. The minimum absolute atomic E-state index is 0.0129. The van der Waals surface area contributed by atoms with Crippen LogP contribution in [-0.2, 0) is 22.1 Å². The van der Waals surface area contributed by atoms with Gasteiger partial charge in [-0.05, 0) is 6.92 Å². The Morgan fingerprint density at radius 3 is 2.50 bits per heavy atom. The number of nitrogens with two attached hydrogens (primary N) is 1. The number of hydrogen-bond donors (Lipinski definition) is 1. The van der Waals surface area contributed by atoms with Crippen LogP contribution in [0.3, 0.4) is 0 Å². The number of nitrogen functional groups attached to an aromatic ring is 1. The molecule has 2 N–H and O–H groups in total. The second-order valence-electron chi connectivity index (χ2n) is 3.73. The number of carbonyl (C=O) groups excluding carboxylic acids is 1. The van der Waals surface area contributed by atoms with Crippen LogP contribution in [0, 0.1) is 0 Å². The monoisotopic (exact) mass is 298 g/mol. The third kappa shape index (κ3) is 3.55. The van der Waals surface area contributed by atoms with Crippen molar-refractivity contribution < 1.29 is 31.5 Å². The Bertz CT molecular complexity index is 502. The Kier molecular flexibility index (Phi) is 4.85. The molecule has 9 heteroatoms. The second kappa shape index (κ2) is 6.02. The fourth-order valence-corrected chi connectivity index (χ4v) is 1.54. The third-order valence-electron chi connectivity index (χ3n) is 2.38. The molecular weight excluding hydrogens is 287 g/mol. The molecule has 0 radical (unpaired) electrons. The van der Waals surface area contributed by atoms with E-state index >= 15 is 0 Å². The first kappa shape index (κ1) is 16.1. The van der Waals surface area contributed by atoms with E-state index in [-0.39, 0.29) is 6.61 Å². The van der Waals surface area contributed by atoms with E-state index in [4.69, 9.17) is 5.73 Å². The van der Waals surface area contributed by atoms with E-state index in [0.717, 1.165) is 0 Å². The van der Waals surface area contributed by atoms with Crippen molar-refractivity contribution in [1.29, 1.82) is 0 Å². The number of nitrogens with zero attached hydrogens (tertiary/aromatic N) is 1. The Hall–Kier alpha value is -1.93. The Morgan fingerprint density at radius 2 is 2.05 bits per heavy atom. The summed E-state index contributed by atoms with van der Waals surface area (Å²) in [5.74, 6) is -0.874. The number of hydrogen-bond acceptors (Lipinski definition) is 4. The first-order valence-corrected chi connectivity index (χ1v) is 5.46. The molecule has 1 heterocycles. The lowest BCUT2D eigenvalue weighted by molar-refractivity contribution is -0.142. The lowest BCUT2D eigenvalue weighted by Gasteiger charge is -2.15. The predicted octanol–water partition coefficient (Wildman–Crippen LogP) is 2.73. The summed E-state index contributed by atoms with van der Waals surface area (Å²) in [6.07, 6.45) is -8.52. The van der Waals surface area contributed by atoms with Crippen molar-refractivity contribution in [3.05, 3.63) is 23.0 Å². The predicted molar refractivity (Wildman–Crippen MR) is 58.9 cm³/mol. The van der Waals surface area contributed by atoms with Gasteiger partial charge in [0.25, 0.3) is 6.43 Å². The van der Waals surface area contributed by atoms with E-state index in [9.17, 15) is 26.7 Å². The summed E-state index contributed by atoms with van der Waals surface area (Å²) in [7, 11) is 0. The fourth-order valence-electron chi connectivity index (χ4n) is 1.54. The highest BCUT2D eigenvalue weighted by Gasteiger charge is 2.36. The van der Waals surface area contributed by atoms with Crippen LogP contribution in [0.15, 0.2) is 6.20 Å². The van der Waals surface area contributed by atoms with E-state index < -0.39 is 47.5 Å². The molecule has 0 aliphatic rings. The van der Waals surface area contributed by atoms with Crippen molar-refractivity contribution in [3.8, 4) is 0 Å². The average molecular weight is 298 g/mol. The zero-order valence-electron chi connectivity index (χ0n) is 10.3.